The number of ether oxygens (including phenoxy) is 3. The molecule has 0 atom stereocenters. The van der Waals surface area contributed by atoms with Gasteiger partial charge in [-0.05, 0) is 29.8 Å². The van der Waals surface area contributed by atoms with Gasteiger partial charge in [-0.2, -0.15) is 0 Å². The number of hydrogen-bond donors (Lipinski definition) is 0. The Hall–Kier alpha value is -1.87. The summed E-state index contributed by atoms with van der Waals surface area (Å²) >= 11 is 5.79. The maximum absolute atomic E-state index is 5.79. The van der Waals surface area contributed by atoms with Gasteiger partial charge in [-0.15, -0.1) is 11.6 Å². The van der Waals surface area contributed by atoms with Crippen molar-refractivity contribution in [2.75, 3.05) is 20.3 Å². The molecule has 0 radical (unpaired) electrons. The number of rotatable bonds is 7. The normalized spacial score (nSPS) is 10.1. The first kappa shape index (κ1) is 14.5. The van der Waals surface area contributed by atoms with Crippen LogP contribution in [0.1, 0.15) is 5.56 Å². The van der Waals surface area contributed by atoms with E-state index in [-0.39, 0.29) is 0 Å². The Morgan fingerprint density at radius 3 is 2.35 bits per heavy atom. The standard InChI is InChI=1S/C16H17ClO3/c1-18-16-11-13(12-17)7-8-15(16)20-10-9-19-14-5-3-2-4-6-14/h2-8,11H,9-10,12H2,1H3. The molecule has 20 heavy (non-hydrogen) atoms. The Labute approximate surface area is 124 Å². The van der Waals surface area contributed by atoms with E-state index in [1.165, 1.54) is 0 Å². The van der Waals surface area contributed by atoms with Gasteiger partial charge in [0.2, 0.25) is 0 Å². The molecule has 0 amide bonds. The summed E-state index contributed by atoms with van der Waals surface area (Å²) in [6, 6.07) is 15.3. The second-order valence-corrected chi connectivity index (χ2v) is 4.40. The lowest BCUT2D eigenvalue weighted by Gasteiger charge is -2.12. The molecule has 0 N–H and O–H groups in total. The molecule has 0 saturated carbocycles. The molecule has 2 rings (SSSR count). The molecule has 2 aromatic rings. The minimum Gasteiger partial charge on any atom is -0.493 e. The summed E-state index contributed by atoms with van der Waals surface area (Å²) in [6.07, 6.45) is 0. The van der Waals surface area contributed by atoms with Gasteiger partial charge < -0.3 is 14.2 Å². The van der Waals surface area contributed by atoms with Crippen LogP contribution in [0.5, 0.6) is 17.2 Å². The van der Waals surface area contributed by atoms with Crippen molar-refractivity contribution >= 4 is 11.6 Å². The Bertz CT molecular complexity index is 529. The number of halogens is 1. The van der Waals surface area contributed by atoms with Gasteiger partial charge in [0, 0.05) is 5.88 Å². The molecule has 0 fully saturated rings. The Morgan fingerprint density at radius 1 is 0.900 bits per heavy atom. The first-order valence-corrected chi connectivity index (χ1v) is 6.90. The second-order valence-electron chi connectivity index (χ2n) is 4.13. The molecule has 2 aromatic carbocycles. The molecule has 0 unspecified atom stereocenters. The molecule has 0 aliphatic rings. The summed E-state index contributed by atoms with van der Waals surface area (Å²) < 4.78 is 16.5. The maximum atomic E-state index is 5.79. The van der Waals surface area contributed by atoms with Crippen molar-refractivity contribution in [3.8, 4) is 17.2 Å². The summed E-state index contributed by atoms with van der Waals surface area (Å²) in [5, 5.41) is 0. The van der Waals surface area contributed by atoms with Crippen molar-refractivity contribution in [2.24, 2.45) is 0 Å². The minimum atomic E-state index is 0.450. The van der Waals surface area contributed by atoms with Crippen LogP contribution in [-0.2, 0) is 5.88 Å². The molecule has 0 bridgehead atoms. The lowest BCUT2D eigenvalue weighted by Crippen LogP contribution is -2.09. The molecule has 0 heterocycles. The number of hydrogen-bond acceptors (Lipinski definition) is 3. The SMILES string of the molecule is COc1cc(CCl)ccc1OCCOc1ccccc1. The monoisotopic (exact) mass is 292 g/mol. The average molecular weight is 293 g/mol. The first-order chi connectivity index (χ1) is 9.83. The van der Waals surface area contributed by atoms with Crippen molar-refractivity contribution in [1.29, 1.82) is 0 Å². The Kier molecular flexibility index (Phi) is 5.56. The van der Waals surface area contributed by atoms with E-state index in [1.807, 2.05) is 48.5 Å². The fraction of sp³-hybridized carbons (Fsp3) is 0.250. The molecule has 0 saturated heterocycles. The van der Waals surface area contributed by atoms with E-state index in [0.29, 0.717) is 30.6 Å². The molecule has 106 valence electrons. The second kappa shape index (κ2) is 7.65. The van der Waals surface area contributed by atoms with E-state index < -0.39 is 0 Å². The van der Waals surface area contributed by atoms with Crippen LogP contribution in [0.4, 0.5) is 0 Å². The predicted molar refractivity (Wildman–Crippen MR) is 80.0 cm³/mol. The highest BCUT2D eigenvalue weighted by atomic mass is 35.5. The van der Waals surface area contributed by atoms with Gasteiger partial charge >= 0.3 is 0 Å². The van der Waals surface area contributed by atoms with Crippen LogP contribution in [0.3, 0.4) is 0 Å². The number of para-hydroxylation sites is 1. The highest BCUT2D eigenvalue weighted by Gasteiger charge is 2.05. The fourth-order valence-electron chi connectivity index (χ4n) is 1.74. The molecule has 4 heteroatoms. The van der Waals surface area contributed by atoms with Crippen LogP contribution in [0.15, 0.2) is 48.5 Å². The zero-order valence-electron chi connectivity index (χ0n) is 11.3. The van der Waals surface area contributed by atoms with Gasteiger partial charge in [0.05, 0.1) is 7.11 Å². The number of benzene rings is 2. The maximum Gasteiger partial charge on any atom is 0.161 e. The van der Waals surface area contributed by atoms with Crippen LogP contribution in [0, 0.1) is 0 Å². The average Bonchev–Trinajstić information content (AvgIpc) is 2.52. The van der Waals surface area contributed by atoms with Crippen LogP contribution >= 0.6 is 11.6 Å². The molecule has 0 aliphatic carbocycles. The van der Waals surface area contributed by atoms with Crippen molar-refractivity contribution in [3.63, 3.8) is 0 Å². The topological polar surface area (TPSA) is 27.7 Å². The predicted octanol–water partition coefficient (Wildman–Crippen LogP) is 3.89. The van der Waals surface area contributed by atoms with Gasteiger partial charge in [-0.3, -0.25) is 0 Å². The van der Waals surface area contributed by atoms with Gasteiger partial charge in [0.1, 0.15) is 19.0 Å². The molecule has 3 nitrogen and oxygen atoms in total. The van der Waals surface area contributed by atoms with Crippen molar-refractivity contribution in [3.05, 3.63) is 54.1 Å². The fourth-order valence-corrected chi connectivity index (χ4v) is 1.91. The first-order valence-electron chi connectivity index (χ1n) is 6.37. The zero-order valence-corrected chi connectivity index (χ0v) is 12.1. The summed E-state index contributed by atoms with van der Waals surface area (Å²) in [4.78, 5) is 0. The zero-order chi connectivity index (χ0) is 14.2. The molecule has 0 spiro atoms. The van der Waals surface area contributed by atoms with Crippen molar-refractivity contribution in [2.45, 2.75) is 5.88 Å². The highest BCUT2D eigenvalue weighted by Crippen LogP contribution is 2.28. The van der Waals surface area contributed by atoms with Crippen LogP contribution in [0.25, 0.3) is 0 Å². The number of methoxy groups -OCH3 is 1. The highest BCUT2D eigenvalue weighted by molar-refractivity contribution is 6.17. The Balaban J connectivity index is 1.85. The van der Waals surface area contributed by atoms with E-state index in [1.54, 1.807) is 7.11 Å². The lowest BCUT2D eigenvalue weighted by molar-refractivity contribution is 0.211. The number of alkyl halides is 1. The third-order valence-corrected chi connectivity index (χ3v) is 3.04. The van der Waals surface area contributed by atoms with Crippen LogP contribution in [-0.4, -0.2) is 20.3 Å². The smallest absolute Gasteiger partial charge is 0.161 e. The molecular weight excluding hydrogens is 276 g/mol. The summed E-state index contributed by atoms with van der Waals surface area (Å²) in [7, 11) is 1.61. The van der Waals surface area contributed by atoms with Crippen LogP contribution < -0.4 is 14.2 Å². The van der Waals surface area contributed by atoms with E-state index in [9.17, 15) is 0 Å². The summed E-state index contributed by atoms with van der Waals surface area (Å²) in [5.74, 6) is 2.66. The largest absolute Gasteiger partial charge is 0.493 e. The summed E-state index contributed by atoms with van der Waals surface area (Å²) in [6.45, 7) is 0.926. The van der Waals surface area contributed by atoms with Gasteiger partial charge in [0.15, 0.2) is 11.5 Å². The van der Waals surface area contributed by atoms with E-state index in [0.717, 1.165) is 11.3 Å². The van der Waals surface area contributed by atoms with E-state index in [2.05, 4.69) is 0 Å². The van der Waals surface area contributed by atoms with Gasteiger partial charge in [-0.25, -0.2) is 0 Å². The van der Waals surface area contributed by atoms with E-state index >= 15 is 0 Å². The third-order valence-electron chi connectivity index (χ3n) is 2.74. The molecular formula is C16H17ClO3. The summed E-state index contributed by atoms with van der Waals surface area (Å²) in [5.41, 5.74) is 0.997. The molecule has 0 aliphatic heterocycles. The van der Waals surface area contributed by atoms with Crippen molar-refractivity contribution < 1.29 is 14.2 Å². The lowest BCUT2D eigenvalue weighted by atomic mass is 10.2. The molecule has 0 aromatic heterocycles. The van der Waals surface area contributed by atoms with Crippen molar-refractivity contribution in [1.82, 2.24) is 0 Å². The third kappa shape index (κ3) is 4.07. The van der Waals surface area contributed by atoms with E-state index in [4.69, 9.17) is 25.8 Å². The van der Waals surface area contributed by atoms with Crippen LogP contribution in [0.2, 0.25) is 0 Å². The van der Waals surface area contributed by atoms with Gasteiger partial charge in [0.25, 0.3) is 0 Å². The Morgan fingerprint density at radius 2 is 1.65 bits per heavy atom. The quantitative estimate of drug-likeness (QED) is 0.572. The minimum absolute atomic E-state index is 0.450. The van der Waals surface area contributed by atoms with Gasteiger partial charge in [-0.1, -0.05) is 24.3 Å².